The van der Waals surface area contributed by atoms with Gasteiger partial charge in [-0.2, -0.15) is 0 Å². The molecule has 22 heavy (non-hydrogen) atoms. The maximum absolute atomic E-state index is 6.21. The highest BCUT2D eigenvalue weighted by atomic mass is 16.5. The van der Waals surface area contributed by atoms with E-state index >= 15 is 0 Å². The van der Waals surface area contributed by atoms with Gasteiger partial charge in [0.25, 0.3) is 0 Å². The van der Waals surface area contributed by atoms with Crippen LogP contribution in [-0.2, 0) is 10.3 Å². The second-order valence-corrected chi connectivity index (χ2v) is 6.61. The van der Waals surface area contributed by atoms with Crippen LogP contribution in [0.25, 0.3) is 21.5 Å². The summed E-state index contributed by atoms with van der Waals surface area (Å²) in [5.74, 6) is 0. The van der Waals surface area contributed by atoms with Crippen molar-refractivity contribution in [1.82, 2.24) is 0 Å². The number of hydrogen-bond donors (Lipinski definition) is 0. The van der Waals surface area contributed by atoms with E-state index in [0.717, 1.165) is 6.42 Å². The first kappa shape index (κ1) is 15.1. The highest BCUT2D eigenvalue weighted by Crippen LogP contribution is 2.31. The first-order valence-corrected chi connectivity index (χ1v) is 8.10. The van der Waals surface area contributed by atoms with Crippen molar-refractivity contribution >= 4 is 21.5 Å². The SMILES string of the molecule is CCC(C)OC(C)(C)c1ccc2cc3ccccc3cc2c1. The van der Waals surface area contributed by atoms with Gasteiger partial charge in [0.1, 0.15) is 0 Å². The topological polar surface area (TPSA) is 9.23 Å². The molecular formula is C21H24O. The van der Waals surface area contributed by atoms with E-state index in [1.807, 2.05) is 0 Å². The van der Waals surface area contributed by atoms with Crippen molar-refractivity contribution in [1.29, 1.82) is 0 Å². The molecule has 1 nitrogen and oxygen atoms in total. The third-order valence-corrected chi connectivity index (χ3v) is 4.47. The van der Waals surface area contributed by atoms with Crippen LogP contribution in [0.4, 0.5) is 0 Å². The van der Waals surface area contributed by atoms with Crippen LogP contribution in [0.2, 0.25) is 0 Å². The average Bonchev–Trinajstić information content (AvgIpc) is 2.51. The minimum absolute atomic E-state index is 0.266. The second-order valence-electron chi connectivity index (χ2n) is 6.61. The summed E-state index contributed by atoms with van der Waals surface area (Å²) in [6.45, 7) is 8.60. The molecule has 3 aromatic rings. The van der Waals surface area contributed by atoms with Crippen LogP contribution in [0.3, 0.4) is 0 Å². The average molecular weight is 292 g/mol. The number of benzene rings is 3. The molecule has 0 saturated heterocycles. The fraction of sp³-hybridized carbons (Fsp3) is 0.333. The van der Waals surface area contributed by atoms with Gasteiger partial charge in [-0.25, -0.2) is 0 Å². The lowest BCUT2D eigenvalue weighted by Crippen LogP contribution is -2.26. The minimum atomic E-state index is -0.269. The molecule has 0 aliphatic heterocycles. The predicted molar refractivity (Wildman–Crippen MR) is 95.3 cm³/mol. The zero-order valence-electron chi connectivity index (χ0n) is 13.9. The Kier molecular flexibility index (Phi) is 3.92. The lowest BCUT2D eigenvalue weighted by Gasteiger charge is -2.29. The van der Waals surface area contributed by atoms with Gasteiger partial charge in [-0.05, 0) is 72.5 Å². The van der Waals surface area contributed by atoms with E-state index in [9.17, 15) is 0 Å². The Balaban J connectivity index is 2.07. The van der Waals surface area contributed by atoms with Gasteiger partial charge in [0.2, 0.25) is 0 Å². The van der Waals surface area contributed by atoms with Gasteiger partial charge in [-0.1, -0.05) is 43.3 Å². The van der Waals surface area contributed by atoms with E-state index in [2.05, 4.69) is 82.3 Å². The van der Waals surface area contributed by atoms with Crippen LogP contribution >= 0.6 is 0 Å². The molecule has 0 N–H and O–H groups in total. The zero-order chi connectivity index (χ0) is 15.7. The lowest BCUT2D eigenvalue weighted by molar-refractivity contribution is -0.0691. The fourth-order valence-corrected chi connectivity index (χ4v) is 2.97. The van der Waals surface area contributed by atoms with Crippen LogP contribution in [0, 0.1) is 0 Å². The Morgan fingerprint density at radius 1 is 0.864 bits per heavy atom. The van der Waals surface area contributed by atoms with Gasteiger partial charge in [-0.15, -0.1) is 0 Å². The van der Waals surface area contributed by atoms with Gasteiger partial charge in [0.15, 0.2) is 0 Å². The molecule has 3 rings (SSSR count). The number of rotatable bonds is 4. The van der Waals surface area contributed by atoms with Crippen LogP contribution < -0.4 is 0 Å². The second kappa shape index (κ2) is 5.73. The van der Waals surface area contributed by atoms with Crippen LogP contribution in [0.5, 0.6) is 0 Å². The summed E-state index contributed by atoms with van der Waals surface area (Å²) in [7, 11) is 0. The minimum Gasteiger partial charge on any atom is -0.368 e. The first-order chi connectivity index (χ1) is 10.5. The molecule has 1 unspecified atom stereocenters. The molecule has 0 radical (unpaired) electrons. The van der Waals surface area contributed by atoms with Gasteiger partial charge in [0.05, 0.1) is 11.7 Å². The maximum Gasteiger partial charge on any atom is 0.0879 e. The van der Waals surface area contributed by atoms with Crippen LogP contribution in [0.1, 0.15) is 39.7 Å². The van der Waals surface area contributed by atoms with Crippen molar-refractivity contribution in [2.24, 2.45) is 0 Å². The lowest BCUT2D eigenvalue weighted by atomic mass is 9.93. The van der Waals surface area contributed by atoms with E-state index in [0.29, 0.717) is 0 Å². The Bertz CT molecular complexity index is 801. The third-order valence-electron chi connectivity index (χ3n) is 4.47. The van der Waals surface area contributed by atoms with E-state index in [-0.39, 0.29) is 11.7 Å². The predicted octanol–water partition coefficient (Wildman–Crippen LogP) is 6.04. The van der Waals surface area contributed by atoms with Crippen LogP contribution in [-0.4, -0.2) is 6.10 Å². The monoisotopic (exact) mass is 292 g/mol. The van der Waals surface area contributed by atoms with E-state index in [4.69, 9.17) is 4.74 Å². The van der Waals surface area contributed by atoms with Crippen molar-refractivity contribution in [3.8, 4) is 0 Å². The molecule has 3 aromatic carbocycles. The molecule has 0 heterocycles. The van der Waals surface area contributed by atoms with Crippen molar-refractivity contribution in [3.05, 3.63) is 60.2 Å². The molecule has 0 bridgehead atoms. The number of fused-ring (bicyclic) bond motifs is 2. The molecular weight excluding hydrogens is 268 g/mol. The normalized spacial score (nSPS) is 13.6. The molecule has 1 atom stereocenters. The van der Waals surface area contributed by atoms with Crippen molar-refractivity contribution in [3.63, 3.8) is 0 Å². The Morgan fingerprint density at radius 3 is 2.09 bits per heavy atom. The molecule has 0 aliphatic carbocycles. The van der Waals surface area contributed by atoms with Gasteiger partial charge in [-0.3, -0.25) is 0 Å². The molecule has 0 saturated carbocycles. The van der Waals surface area contributed by atoms with Crippen molar-refractivity contribution in [2.75, 3.05) is 0 Å². The standard InChI is InChI=1S/C21H24O/c1-5-15(2)22-21(3,4)20-11-10-18-12-16-8-6-7-9-17(16)13-19(18)14-20/h6-15H,5H2,1-4H3. The van der Waals surface area contributed by atoms with E-state index < -0.39 is 0 Å². The van der Waals surface area contributed by atoms with E-state index in [1.54, 1.807) is 0 Å². The summed E-state index contributed by atoms with van der Waals surface area (Å²) in [5, 5.41) is 5.13. The maximum atomic E-state index is 6.21. The summed E-state index contributed by atoms with van der Waals surface area (Å²) in [6, 6.07) is 19.7. The summed E-state index contributed by atoms with van der Waals surface area (Å²) in [5.41, 5.74) is 0.963. The quantitative estimate of drug-likeness (QED) is 0.532. The summed E-state index contributed by atoms with van der Waals surface area (Å²) < 4.78 is 6.21. The zero-order valence-corrected chi connectivity index (χ0v) is 13.9. The summed E-state index contributed by atoms with van der Waals surface area (Å²) >= 11 is 0. The van der Waals surface area contributed by atoms with Gasteiger partial charge < -0.3 is 4.74 Å². The molecule has 0 aromatic heterocycles. The molecule has 0 spiro atoms. The van der Waals surface area contributed by atoms with Crippen molar-refractivity contribution in [2.45, 2.75) is 45.8 Å². The largest absolute Gasteiger partial charge is 0.368 e. The third kappa shape index (κ3) is 2.86. The highest BCUT2D eigenvalue weighted by molar-refractivity contribution is 5.98. The van der Waals surface area contributed by atoms with Gasteiger partial charge >= 0.3 is 0 Å². The van der Waals surface area contributed by atoms with Gasteiger partial charge in [0, 0.05) is 0 Å². The Morgan fingerprint density at radius 2 is 1.45 bits per heavy atom. The molecule has 0 fully saturated rings. The number of hydrogen-bond acceptors (Lipinski definition) is 1. The molecule has 1 heteroatoms. The van der Waals surface area contributed by atoms with Crippen LogP contribution in [0.15, 0.2) is 54.6 Å². The first-order valence-electron chi connectivity index (χ1n) is 8.10. The smallest absolute Gasteiger partial charge is 0.0879 e. The fourth-order valence-electron chi connectivity index (χ4n) is 2.97. The summed E-state index contributed by atoms with van der Waals surface area (Å²) in [6.07, 6.45) is 1.30. The highest BCUT2D eigenvalue weighted by Gasteiger charge is 2.23. The Hall–Kier alpha value is -1.86. The Labute approximate surface area is 132 Å². The van der Waals surface area contributed by atoms with E-state index in [1.165, 1.54) is 27.1 Å². The molecule has 0 amide bonds. The molecule has 114 valence electrons. The van der Waals surface area contributed by atoms with Crippen molar-refractivity contribution < 1.29 is 4.74 Å². The molecule has 0 aliphatic rings. The summed E-state index contributed by atoms with van der Waals surface area (Å²) in [4.78, 5) is 0. The number of ether oxygens (including phenoxy) is 1.